The lowest BCUT2D eigenvalue weighted by Gasteiger charge is -2.38. The molecule has 202 valence electrons. The van der Waals surface area contributed by atoms with Crippen molar-refractivity contribution in [3.8, 4) is 17.2 Å². The van der Waals surface area contributed by atoms with Gasteiger partial charge in [0, 0.05) is 5.56 Å². The maximum Gasteiger partial charge on any atom is 0.419 e. The Labute approximate surface area is 223 Å². The minimum atomic E-state index is -4.70. The highest BCUT2D eigenvalue weighted by Crippen LogP contribution is 2.44. The molecular formula is C28H28F3NO5S. The van der Waals surface area contributed by atoms with E-state index in [2.05, 4.69) is 11.9 Å². The lowest BCUT2D eigenvalue weighted by molar-refractivity contribution is -0.139. The number of thioether (sulfide) groups is 1. The van der Waals surface area contributed by atoms with Gasteiger partial charge in [-0.25, -0.2) is 0 Å². The number of imide groups is 1. The summed E-state index contributed by atoms with van der Waals surface area (Å²) in [5.41, 5.74) is 2.14. The van der Waals surface area contributed by atoms with Crippen LogP contribution in [0.3, 0.4) is 0 Å². The Balaban J connectivity index is 1.57. The zero-order chi connectivity index (χ0) is 27.8. The first-order valence-corrected chi connectivity index (χ1v) is 12.8. The second kappa shape index (κ2) is 10.4. The molecule has 10 heteroatoms. The third kappa shape index (κ3) is 5.55. The summed E-state index contributed by atoms with van der Waals surface area (Å²) in [6.45, 7) is 11.7. The smallest absolute Gasteiger partial charge is 0.419 e. The van der Waals surface area contributed by atoms with Gasteiger partial charge >= 0.3 is 6.18 Å². The second-order valence-corrected chi connectivity index (χ2v) is 10.6. The predicted octanol–water partition coefficient (Wildman–Crippen LogP) is 6.68. The van der Waals surface area contributed by atoms with E-state index in [-0.39, 0.29) is 22.8 Å². The quantitative estimate of drug-likeness (QED) is 0.308. The normalized spacial score (nSPS) is 20.1. The van der Waals surface area contributed by atoms with E-state index < -0.39 is 28.5 Å². The molecule has 0 bridgehead atoms. The van der Waals surface area contributed by atoms with Gasteiger partial charge < -0.3 is 14.2 Å². The van der Waals surface area contributed by atoms with Crippen LogP contribution in [0, 0.1) is 20.8 Å². The topological polar surface area (TPSA) is 73.9 Å². The van der Waals surface area contributed by atoms with Gasteiger partial charge in [0.25, 0.3) is 11.1 Å². The van der Waals surface area contributed by atoms with Crippen LogP contribution in [0.15, 0.2) is 35.8 Å². The molecule has 2 aliphatic rings. The number of halogens is 3. The monoisotopic (exact) mass is 547 g/mol. The third-order valence-electron chi connectivity index (χ3n) is 6.69. The summed E-state index contributed by atoms with van der Waals surface area (Å²) in [5, 5.41) is 1.51. The molecule has 0 aliphatic carbocycles. The molecule has 1 fully saturated rings. The van der Waals surface area contributed by atoms with Crippen molar-refractivity contribution in [3.05, 3.63) is 69.1 Å². The van der Waals surface area contributed by atoms with Crippen molar-refractivity contribution in [1.82, 2.24) is 5.32 Å². The Morgan fingerprint density at radius 3 is 2.53 bits per heavy atom. The van der Waals surface area contributed by atoms with Crippen molar-refractivity contribution in [2.75, 3.05) is 13.2 Å². The van der Waals surface area contributed by atoms with Crippen LogP contribution < -0.4 is 19.5 Å². The number of ether oxygens (including phenoxy) is 3. The van der Waals surface area contributed by atoms with Gasteiger partial charge in [-0.2, -0.15) is 13.2 Å². The number of carbonyl (C=O) groups is 2. The minimum Gasteiger partial charge on any atom is -0.489 e. The fraction of sp³-hybridized carbons (Fsp3) is 0.357. The van der Waals surface area contributed by atoms with E-state index in [1.54, 1.807) is 6.08 Å². The van der Waals surface area contributed by atoms with Crippen molar-refractivity contribution < 1.29 is 37.0 Å². The van der Waals surface area contributed by atoms with Crippen LogP contribution in [-0.2, 0) is 17.4 Å². The molecule has 2 heterocycles. The number of amides is 2. The zero-order valence-corrected chi connectivity index (χ0v) is 22.3. The number of hydrogen-bond donors (Lipinski definition) is 1. The number of fused-ring (bicyclic) bond motifs is 1. The lowest BCUT2D eigenvalue weighted by atomic mass is 9.87. The molecule has 2 aliphatic heterocycles. The van der Waals surface area contributed by atoms with Gasteiger partial charge in [0.15, 0.2) is 0 Å². The van der Waals surface area contributed by atoms with Gasteiger partial charge in [0.05, 0.1) is 10.5 Å². The number of rotatable bonds is 7. The predicted molar refractivity (Wildman–Crippen MR) is 140 cm³/mol. The molecule has 6 nitrogen and oxygen atoms in total. The van der Waals surface area contributed by atoms with Crippen LogP contribution in [0.2, 0.25) is 0 Å². The largest absolute Gasteiger partial charge is 0.489 e. The number of hydrogen-bond acceptors (Lipinski definition) is 6. The van der Waals surface area contributed by atoms with Crippen molar-refractivity contribution in [2.45, 2.75) is 52.3 Å². The third-order valence-corrected chi connectivity index (χ3v) is 7.50. The Hall–Kier alpha value is -3.40. The SMILES string of the molecule is C=CCOc1c(C)c(C)c2c(c1C)CCC(C)(COc1ccc(C=C3SC(=O)NC3=O)cc1C(F)(F)F)O2. The van der Waals surface area contributed by atoms with Crippen LogP contribution in [-0.4, -0.2) is 30.0 Å². The summed E-state index contributed by atoms with van der Waals surface area (Å²) < 4.78 is 59.7. The molecule has 2 aromatic carbocycles. The molecule has 38 heavy (non-hydrogen) atoms. The Bertz CT molecular complexity index is 1350. The number of nitrogens with one attached hydrogen (secondary N) is 1. The van der Waals surface area contributed by atoms with Crippen LogP contribution in [0.5, 0.6) is 17.2 Å². The molecule has 0 spiro atoms. The highest BCUT2D eigenvalue weighted by molar-refractivity contribution is 8.18. The molecule has 1 unspecified atom stereocenters. The van der Waals surface area contributed by atoms with E-state index in [1.165, 1.54) is 18.2 Å². The standard InChI is InChI=1S/C28H28F3NO5S/c1-6-11-35-23-15(2)16(3)24-19(17(23)4)9-10-27(5,37-24)14-36-21-8-7-18(12-20(21)28(29,30)31)13-22-25(33)32-26(34)38-22/h6-8,12-13H,1,9-11,14H2,2-5H3,(H,32,33,34). The average molecular weight is 548 g/mol. The lowest BCUT2D eigenvalue weighted by Crippen LogP contribution is -2.42. The van der Waals surface area contributed by atoms with Gasteiger partial charge in [-0.1, -0.05) is 18.7 Å². The average Bonchev–Trinajstić information content (AvgIpc) is 3.17. The first-order chi connectivity index (χ1) is 17.8. The summed E-state index contributed by atoms with van der Waals surface area (Å²) >= 11 is 0.637. The fourth-order valence-electron chi connectivity index (χ4n) is 4.53. The Morgan fingerprint density at radius 1 is 1.16 bits per heavy atom. The van der Waals surface area contributed by atoms with Gasteiger partial charge in [-0.15, -0.1) is 0 Å². The van der Waals surface area contributed by atoms with Crippen molar-refractivity contribution in [3.63, 3.8) is 0 Å². The van der Waals surface area contributed by atoms with Gasteiger partial charge in [-0.3, -0.25) is 14.9 Å². The molecule has 1 atom stereocenters. The van der Waals surface area contributed by atoms with E-state index in [0.717, 1.165) is 34.1 Å². The highest BCUT2D eigenvalue weighted by atomic mass is 32.2. The van der Waals surface area contributed by atoms with Crippen LogP contribution in [0.25, 0.3) is 6.08 Å². The van der Waals surface area contributed by atoms with Crippen molar-refractivity contribution in [2.24, 2.45) is 0 Å². The fourth-order valence-corrected chi connectivity index (χ4v) is 5.21. The summed E-state index contributed by atoms with van der Waals surface area (Å²) in [6, 6.07) is 3.53. The zero-order valence-electron chi connectivity index (χ0n) is 21.5. The van der Waals surface area contributed by atoms with E-state index in [0.29, 0.717) is 37.0 Å². The second-order valence-electron chi connectivity index (χ2n) is 9.56. The van der Waals surface area contributed by atoms with Crippen LogP contribution in [0.1, 0.15) is 46.7 Å². The van der Waals surface area contributed by atoms with Gasteiger partial charge in [0.1, 0.15) is 36.1 Å². The molecule has 4 rings (SSSR count). The maximum atomic E-state index is 13.9. The maximum absolute atomic E-state index is 13.9. The van der Waals surface area contributed by atoms with Crippen molar-refractivity contribution >= 4 is 29.0 Å². The summed E-state index contributed by atoms with van der Waals surface area (Å²) in [7, 11) is 0. The first-order valence-electron chi connectivity index (χ1n) is 12.0. The molecule has 0 radical (unpaired) electrons. The van der Waals surface area contributed by atoms with Gasteiger partial charge in [-0.05, 0) is 92.8 Å². The number of carbonyl (C=O) groups excluding carboxylic acids is 2. The molecule has 2 aromatic rings. The molecule has 1 saturated heterocycles. The first kappa shape index (κ1) is 27.6. The van der Waals surface area contributed by atoms with Gasteiger partial charge in [0.2, 0.25) is 0 Å². The van der Waals surface area contributed by atoms with Crippen LogP contribution in [0.4, 0.5) is 18.0 Å². The molecule has 0 saturated carbocycles. The summed E-state index contributed by atoms with van der Waals surface area (Å²) in [5.74, 6) is 0.527. The molecular weight excluding hydrogens is 519 g/mol. The van der Waals surface area contributed by atoms with Crippen molar-refractivity contribution in [1.29, 1.82) is 0 Å². The van der Waals surface area contributed by atoms with E-state index in [4.69, 9.17) is 14.2 Å². The summed E-state index contributed by atoms with van der Waals surface area (Å²) in [4.78, 5) is 23.2. The molecule has 1 N–H and O–H groups in total. The number of alkyl halides is 3. The van der Waals surface area contributed by atoms with E-state index in [9.17, 15) is 22.8 Å². The number of benzene rings is 2. The Morgan fingerprint density at radius 2 is 1.89 bits per heavy atom. The Kier molecular flexibility index (Phi) is 7.56. The molecule has 2 amide bonds. The van der Waals surface area contributed by atoms with E-state index >= 15 is 0 Å². The highest BCUT2D eigenvalue weighted by Gasteiger charge is 2.38. The molecule has 0 aromatic heterocycles. The summed E-state index contributed by atoms with van der Waals surface area (Å²) in [6.07, 6.45) is -0.576. The van der Waals surface area contributed by atoms with E-state index in [1.807, 2.05) is 27.7 Å². The minimum absolute atomic E-state index is 0.0255. The van der Waals surface area contributed by atoms with Crippen LogP contribution >= 0.6 is 11.8 Å².